The van der Waals surface area contributed by atoms with E-state index in [1.807, 2.05) is 18.2 Å². The summed E-state index contributed by atoms with van der Waals surface area (Å²) >= 11 is 0. The average Bonchev–Trinajstić information content (AvgIpc) is 2.82. The summed E-state index contributed by atoms with van der Waals surface area (Å²) in [5.74, 6) is -0.918. The Morgan fingerprint density at radius 1 is 1.03 bits per heavy atom. The highest BCUT2D eigenvalue weighted by Crippen LogP contribution is 2.46. The highest BCUT2D eigenvalue weighted by Gasteiger charge is 2.42. The lowest BCUT2D eigenvalue weighted by atomic mass is 9.71. The van der Waals surface area contributed by atoms with E-state index in [-0.39, 0.29) is 29.3 Å². The topological polar surface area (TPSA) is 73.9 Å². The van der Waals surface area contributed by atoms with Gasteiger partial charge in [0.1, 0.15) is 5.82 Å². The van der Waals surface area contributed by atoms with Crippen molar-refractivity contribution in [3.8, 4) is 11.5 Å². The summed E-state index contributed by atoms with van der Waals surface area (Å²) < 4.78 is 30.6. The average molecular weight is 451 g/mol. The summed E-state index contributed by atoms with van der Waals surface area (Å²) in [4.78, 5) is 26.2. The molecule has 2 unspecified atom stereocenters. The highest BCUT2D eigenvalue weighted by molar-refractivity contribution is 6.04. The summed E-state index contributed by atoms with van der Waals surface area (Å²) in [6.07, 6.45) is 0.766. The number of ketones is 1. The third-order valence-electron chi connectivity index (χ3n) is 6.33. The maximum absolute atomic E-state index is 14.9. The molecule has 1 aliphatic heterocycles. The van der Waals surface area contributed by atoms with Gasteiger partial charge in [-0.05, 0) is 43.0 Å². The fourth-order valence-electron chi connectivity index (χ4n) is 4.78. The molecule has 2 aromatic rings. The van der Waals surface area contributed by atoms with Gasteiger partial charge in [-0.15, -0.1) is 0 Å². The molecule has 2 aliphatic rings. The van der Waals surface area contributed by atoms with Crippen LogP contribution in [0.4, 0.5) is 4.39 Å². The predicted octanol–water partition coefficient (Wildman–Crippen LogP) is 4.38. The van der Waals surface area contributed by atoms with Crippen LogP contribution in [0.15, 0.2) is 65.0 Å². The Labute approximate surface area is 192 Å². The molecule has 33 heavy (non-hydrogen) atoms. The number of allylic oxidation sites excluding steroid dienone is 3. The molecule has 0 saturated carbocycles. The van der Waals surface area contributed by atoms with Gasteiger partial charge in [-0.25, -0.2) is 9.18 Å². The summed E-state index contributed by atoms with van der Waals surface area (Å²) in [6, 6.07) is 11.8. The van der Waals surface area contributed by atoms with E-state index in [1.165, 1.54) is 13.2 Å². The Hall–Kier alpha value is -3.61. The second-order valence-corrected chi connectivity index (χ2v) is 8.14. The van der Waals surface area contributed by atoms with Crippen molar-refractivity contribution in [1.29, 1.82) is 0 Å². The molecule has 0 aromatic heterocycles. The number of nitrogens with one attached hydrogen (secondary N) is 1. The zero-order valence-electron chi connectivity index (χ0n) is 19.0. The molecular formula is C26H26FNO5. The van der Waals surface area contributed by atoms with E-state index in [1.54, 1.807) is 39.3 Å². The molecule has 0 amide bonds. The molecule has 172 valence electrons. The number of hydrogen-bond donors (Lipinski definition) is 1. The smallest absolute Gasteiger partial charge is 0.336 e. The fraction of sp³-hybridized carbons (Fsp3) is 0.308. The van der Waals surface area contributed by atoms with Crippen molar-refractivity contribution in [2.75, 3.05) is 21.3 Å². The summed E-state index contributed by atoms with van der Waals surface area (Å²) in [5, 5.41) is 3.24. The maximum Gasteiger partial charge on any atom is 0.336 e. The van der Waals surface area contributed by atoms with Gasteiger partial charge in [-0.1, -0.05) is 24.3 Å². The van der Waals surface area contributed by atoms with E-state index in [2.05, 4.69) is 5.32 Å². The maximum atomic E-state index is 14.9. The number of benzene rings is 2. The first kappa shape index (κ1) is 22.6. The highest BCUT2D eigenvalue weighted by atomic mass is 19.1. The van der Waals surface area contributed by atoms with Crippen molar-refractivity contribution in [3.05, 3.63) is 81.9 Å². The number of dihydropyridines is 1. The number of esters is 1. The first-order valence-corrected chi connectivity index (χ1v) is 10.7. The number of halogens is 1. The van der Waals surface area contributed by atoms with E-state index >= 15 is 0 Å². The molecule has 4 rings (SSSR count). The van der Waals surface area contributed by atoms with E-state index in [0.29, 0.717) is 34.9 Å². The molecule has 7 heteroatoms. The van der Waals surface area contributed by atoms with E-state index in [4.69, 9.17) is 14.2 Å². The molecule has 1 N–H and O–H groups in total. The third-order valence-corrected chi connectivity index (χ3v) is 6.33. The van der Waals surface area contributed by atoms with Crippen LogP contribution in [0.2, 0.25) is 0 Å². The van der Waals surface area contributed by atoms with Crippen LogP contribution in [0.1, 0.15) is 42.7 Å². The zero-order valence-corrected chi connectivity index (χ0v) is 19.0. The third kappa shape index (κ3) is 3.99. The number of carbonyl (C=O) groups is 2. The molecule has 6 nitrogen and oxygen atoms in total. The molecule has 2 atom stereocenters. The van der Waals surface area contributed by atoms with Crippen LogP contribution >= 0.6 is 0 Å². The first-order valence-electron chi connectivity index (χ1n) is 10.7. The Morgan fingerprint density at radius 2 is 1.76 bits per heavy atom. The largest absolute Gasteiger partial charge is 0.493 e. The van der Waals surface area contributed by atoms with E-state index < -0.39 is 17.7 Å². The van der Waals surface area contributed by atoms with Crippen molar-refractivity contribution < 1.29 is 28.2 Å². The Morgan fingerprint density at radius 3 is 2.42 bits per heavy atom. The van der Waals surface area contributed by atoms with Crippen LogP contribution in [0.25, 0.3) is 0 Å². The molecule has 0 saturated heterocycles. The number of methoxy groups -OCH3 is 3. The number of ether oxygens (including phenoxy) is 3. The Balaban J connectivity index is 1.79. The van der Waals surface area contributed by atoms with E-state index in [9.17, 15) is 14.0 Å². The van der Waals surface area contributed by atoms with Gasteiger partial charge in [0.15, 0.2) is 17.3 Å². The van der Waals surface area contributed by atoms with Crippen LogP contribution in [0, 0.1) is 5.82 Å². The second-order valence-electron chi connectivity index (χ2n) is 8.14. The number of carbonyl (C=O) groups excluding carboxylic acids is 2. The molecule has 2 aromatic carbocycles. The standard InChI is InChI=1S/C26H26FNO5/c1-14-23(26(30)33-4)24(17-7-5-6-8-18(17)27)25-19(28-14)11-16(12-20(25)29)15-9-10-21(31-2)22(13-15)32-3/h5-10,13,16,24,28H,11-12H2,1-4H3. The van der Waals surface area contributed by atoms with Crippen LogP contribution in [-0.2, 0) is 14.3 Å². The van der Waals surface area contributed by atoms with Crippen LogP contribution in [-0.4, -0.2) is 33.1 Å². The first-order chi connectivity index (χ1) is 15.9. The normalized spacial score (nSPS) is 20.2. The molecule has 0 spiro atoms. The van der Waals surface area contributed by atoms with Gasteiger partial charge in [-0.3, -0.25) is 4.79 Å². The Kier molecular flexibility index (Phi) is 6.22. The van der Waals surface area contributed by atoms with Gasteiger partial charge in [0, 0.05) is 29.0 Å². The van der Waals surface area contributed by atoms with Gasteiger partial charge in [0.25, 0.3) is 0 Å². The van der Waals surface area contributed by atoms with Gasteiger partial charge < -0.3 is 19.5 Å². The molecule has 0 radical (unpaired) electrons. The van der Waals surface area contributed by atoms with Gasteiger partial charge in [0.2, 0.25) is 0 Å². The lowest BCUT2D eigenvalue weighted by Crippen LogP contribution is -2.36. The van der Waals surface area contributed by atoms with E-state index in [0.717, 1.165) is 5.56 Å². The minimum Gasteiger partial charge on any atom is -0.493 e. The van der Waals surface area contributed by atoms with Crippen molar-refractivity contribution in [2.45, 2.75) is 31.6 Å². The number of hydrogen-bond acceptors (Lipinski definition) is 6. The molecule has 0 fully saturated rings. The monoisotopic (exact) mass is 451 g/mol. The van der Waals surface area contributed by atoms with Crippen molar-refractivity contribution in [1.82, 2.24) is 5.32 Å². The van der Waals surface area contributed by atoms with Gasteiger partial charge >= 0.3 is 5.97 Å². The second kappa shape index (κ2) is 9.10. The Bertz CT molecular complexity index is 1180. The minimum atomic E-state index is -0.825. The summed E-state index contributed by atoms with van der Waals surface area (Å²) in [6.45, 7) is 1.74. The predicted molar refractivity (Wildman–Crippen MR) is 121 cm³/mol. The summed E-state index contributed by atoms with van der Waals surface area (Å²) in [7, 11) is 4.42. The summed E-state index contributed by atoms with van der Waals surface area (Å²) in [5.41, 5.74) is 3.14. The van der Waals surface area contributed by atoms with Gasteiger partial charge in [0.05, 0.1) is 32.8 Å². The molecule has 1 aliphatic carbocycles. The quantitative estimate of drug-likeness (QED) is 0.681. The van der Waals surface area contributed by atoms with Crippen LogP contribution in [0.3, 0.4) is 0 Å². The lowest BCUT2D eigenvalue weighted by Gasteiger charge is -2.36. The van der Waals surface area contributed by atoms with Crippen LogP contribution in [0.5, 0.6) is 11.5 Å². The molecular weight excluding hydrogens is 425 g/mol. The zero-order chi connectivity index (χ0) is 23.7. The minimum absolute atomic E-state index is 0.0997. The van der Waals surface area contributed by atoms with Crippen molar-refractivity contribution in [3.63, 3.8) is 0 Å². The van der Waals surface area contributed by atoms with Crippen molar-refractivity contribution in [2.24, 2.45) is 0 Å². The molecule has 0 bridgehead atoms. The van der Waals surface area contributed by atoms with Crippen molar-refractivity contribution >= 4 is 11.8 Å². The number of rotatable bonds is 5. The number of Topliss-reactive ketones (excluding diaryl/α,β-unsaturated/α-hetero) is 1. The lowest BCUT2D eigenvalue weighted by molar-refractivity contribution is -0.136. The SMILES string of the molecule is COC(=O)C1=C(C)NC2=C(C(=O)CC(c3ccc(OC)c(OC)c3)C2)C1c1ccccc1F. The van der Waals surface area contributed by atoms with Crippen LogP contribution < -0.4 is 14.8 Å². The molecule has 1 heterocycles. The fourth-order valence-corrected chi connectivity index (χ4v) is 4.78. The van der Waals surface area contributed by atoms with Gasteiger partial charge in [-0.2, -0.15) is 0 Å².